The summed E-state index contributed by atoms with van der Waals surface area (Å²) in [6.07, 6.45) is 6.51. The van der Waals surface area contributed by atoms with E-state index in [1.807, 2.05) is 0 Å². The van der Waals surface area contributed by atoms with E-state index in [1.165, 1.54) is 18.7 Å². The average molecular weight is 264 g/mol. The molecule has 1 aromatic heterocycles. The van der Waals surface area contributed by atoms with E-state index in [0.29, 0.717) is 0 Å². The molecule has 7 nitrogen and oxygen atoms in total. The van der Waals surface area contributed by atoms with Gasteiger partial charge in [0.1, 0.15) is 11.9 Å². The second-order valence-electron chi connectivity index (χ2n) is 4.42. The van der Waals surface area contributed by atoms with Crippen molar-refractivity contribution in [2.24, 2.45) is 5.16 Å². The van der Waals surface area contributed by atoms with Crippen molar-refractivity contribution in [3.63, 3.8) is 0 Å². The molecule has 1 fully saturated rings. The largest absolute Gasteiger partial charge is 0.476 e. The number of aliphatic carboxylic acids is 1. The fraction of sp³-hybridized carbons (Fsp3) is 0.500. The first-order valence-corrected chi connectivity index (χ1v) is 6.23. The third kappa shape index (κ3) is 3.64. The predicted molar refractivity (Wildman–Crippen MR) is 68.6 cm³/mol. The number of rotatable bonds is 4. The van der Waals surface area contributed by atoms with Crippen molar-refractivity contribution in [1.82, 2.24) is 9.97 Å². The van der Waals surface area contributed by atoms with Gasteiger partial charge in [-0.25, -0.2) is 14.8 Å². The Kier molecular flexibility index (Phi) is 4.27. The molecule has 1 heterocycles. The summed E-state index contributed by atoms with van der Waals surface area (Å²) in [5.41, 5.74) is 5.17. The number of carboxylic acid groups (broad SMARTS) is 1. The predicted octanol–water partition coefficient (Wildman–Crippen LogP) is 1.20. The summed E-state index contributed by atoms with van der Waals surface area (Å²) in [6.45, 7) is 0. The van der Waals surface area contributed by atoms with Crippen molar-refractivity contribution in [2.75, 3.05) is 5.73 Å². The third-order valence-electron chi connectivity index (χ3n) is 2.94. The Morgan fingerprint density at radius 1 is 1.42 bits per heavy atom. The fourth-order valence-corrected chi connectivity index (χ4v) is 1.96. The van der Waals surface area contributed by atoms with E-state index in [0.717, 1.165) is 25.7 Å². The number of carbonyl (C=O) groups is 1. The number of nitrogen functional groups attached to an aromatic ring is 1. The number of oxime groups is 1. The highest BCUT2D eigenvalue weighted by Crippen LogP contribution is 2.20. The number of hydrogen-bond acceptors (Lipinski definition) is 6. The molecule has 1 aliphatic carbocycles. The van der Waals surface area contributed by atoms with E-state index in [-0.39, 0.29) is 23.5 Å². The van der Waals surface area contributed by atoms with Crippen LogP contribution in [0, 0.1) is 0 Å². The quantitative estimate of drug-likeness (QED) is 0.624. The second kappa shape index (κ2) is 6.12. The molecule has 1 saturated carbocycles. The van der Waals surface area contributed by atoms with Gasteiger partial charge in [-0.05, 0) is 31.7 Å². The van der Waals surface area contributed by atoms with Gasteiger partial charge >= 0.3 is 5.97 Å². The van der Waals surface area contributed by atoms with Crippen molar-refractivity contribution >= 4 is 17.5 Å². The van der Waals surface area contributed by atoms with Gasteiger partial charge in [0.15, 0.2) is 5.82 Å². The molecular weight excluding hydrogens is 248 g/mol. The Morgan fingerprint density at radius 2 is 2.16 bits per heavy atom. The maximum Gasteiger partial charge on any atom is 0.361 e. The summed E-state index contributed by atoms with van der Waals surface area (Å²) in [5.74, 6) is -1.08. The van der Waals surface area contributed by atoms with Gasteiger partial charge in [-0.2, -0.15) is 0 Å². The highest BCUT2D eigenvalue weighted by atomic mass is 16.6. The summed E-state index contributed by atoms with van der Waals surface area (Å²) in [4.78, 5) is 24.1. The number of nitrogens with zero attached hydrogens (tertiary/aromatic N) is 3. The van der Waals surface area contributed by atoms with Gasteiger partial charge in [0.25, 0.3) is 0 Å². The molecule has 2 rings (SSSR count). The van der Waals surface area contributed by atoms with Crippen LogP contribution in [0.15, 0.2) is 17.4 Å². The maximum absolute atomic E-state index is 11.2. The first-order valence-electron chi connectivity index (χ1n) is 6.23. The molecular formula is C12H16N4O3. The molecule has 0 aromatic carbocycles. The van der Waals surface area contributed by atoms with Crippen molar-refractivity contribution in [3.05, 3.63) is 18.1 Å². The standard InChI is InChI=1S/C12H16N4O3/c13-9-6-7-14-11(15-9)10(12(17)18)16-19-8-4-2-1-3-5-8/h6-8H,1-5H2,(H,17,18)(H2,13,14,15). The first-order chi connectivity index (χ1) is 9.16. The summed E-state index contributed by atoms with van der Waals surface area (Å²) in [7, 11) is 0. The van der Waals surface area contributed by atoms with Crippen molar-refractivity contribution in [3.8, 4) is 0 Å². The van der Waals surface area contributed by atoms with Crippen LogP contribution in [0.4, 0.5) is 5.82 Å². The van der Waals surface area contributed by atoms with E-state index in [1.54, 1.807) is 0 Å². The first kappa shape index (κ1) is 13.3. The smallest absolute Gasteiger partial charge is 0.361 e. The van der Waals surface area contributed by atoms with Gasteiger partial charge in [-0.3, -0.25) is 0 Å². The number of hydrogen-bond donors (Lipinski definition) is 2. The van der Waals surface area contributed by atoms with Crippen LogP contribution >= 0.6 is 0 Å². The molecule has 19 heavy (non-hydrogen) atoms. The minimum absolute atomic E-state index is 0.0239. The monoisotopic (exact) mass is 264 g/mol. The lowest BCUT2D eigenvalue weighted by atomic mass is 9.98. The molecule has 1 aromatic rings. The SMILES string of the molecule is Nc1ccnc(C(=NOC2CCCCC2)C(=O)O)n1. The lowest BCUT2D eigenvalue weighted by molar-refractivity contribution is -0.129. The van der Waals surface area contributed by atoms with Crippen molar-refractivity contribution in [1.29, 1.82) is 0 Å². The van der Waals surface area contributed by atoms with Gasteiger partial charge in [-0.1, -0.05) is 11.6 Å². The maximum atomic E-state index is 11.2. The number of aromatic nitrogens is 2. The van der Waals surface area contributed by atoms with Gasteiger partial charge in [0.2, 0.25) is 5.71 Å². The Labute approximate surface area is 110 Å². The molecule has 0 saturated heterocycles. The Morgan fingerprint density at radius 3 is 2.79 bits per heavy atom. The van der Waals surface area contributed by atoms with E-state index in [4.69, 9.17) is 15.7 Å². The van der Waals surface area contributed by atoms with E-state index in [2.05, 4.69) is 15.1 Å². The number of carboxylic acids is 1. The molecule has 0 bridgehead atoms. The normalized spacial score (nSPS) is 17.2. The highest BCUT2D eigenvalue weighted by Gasteiger charge is 2.20. The van der Waals surface area contributed by atoms with Crippen LogP contribution < -0.4 is 5.73 Å². The van der Waals surface area contributed by atoms with Crippen molar-refractivity contribution in [2.45, 2.75) is 38.2 Å². The minimum Gasteiger partial charge on any atom is -0.476 e. The topological polar surface area (TPSA) is 111 Å². The highest BCUT2D eigenvalue weighted by molar-refractivity contribution is 6.41. The van der Waals surface area contributed by atoms with Crippen LogP contribution in [0.5, 0.6) is 0 Å². The van der Waals surface area contributed by atoms with Crippen LogP contribution in [0.25, 0.3) is 0 Å². The van der Waals surface area contributed by atoms with Crippen LogP contribution in [0.1, 0.15) is 37.9 Å². The van der Waals surface area contributed by atoms with Gasteiger partial charge < -0.3 is 15.7 Å². The lowest BCUT2D eigenvalue weighted by Gasteiger charge is -2.19. The van der Waals surface area contributed by atoms with Crippen molar-refractivity contribution < 1.29 is 14.7 Å². The Balaban J connectivity index is 2.13. The zero-order valence-electron chi connectivity index (χ0n) is 10.5. The molecule has 0 amide bonds. The molecule has 7 heteroatoms. The van der Waals surface area contributed by atoms with Crippen LogP contribution in [0.3, 0.4) is 0 Å². The van der Waals surface area contributed by atoms with Crippen LogP contribution in [-0.4, -0.2) is 32.9 Å². The molecule has 1 aliphatic rings. The Bertz CT molecular complexity index is 484. The number of anilines is 1. The zero-order valence-corrected chi connectivity index (χ0v) is 10.5. The number of nitrogens with two attached hydrogens (primary N) is 1. The van der Waals surface area contributed by atoms with E-state index in [9.17, 15) is 4.79 Å². The second-order valence-corrected chi connectivity index (χ2v) is 4.42. The molecule has 0 aliphatic heterocycles. The summed E-state index contributed by atoms with van der Waals surface area (Å²) < 4.78 is 0. The molecule has 3 N–H and O–H groups in total. The van der Waals surface area contributed by atoms with Gasteiger partial charge in [0.05, 0.1) is 0 Å². The van der Waals surface area contributed by atoms with E-state index < -0.39 is 5.97 Å². The lowest BCUT2D eigenvalue weighted by Crippen LogP contribution is -2.21. The summed E-state index contributed by atoms with van der Waals surface area (Å²) in [5, 5.41) is 12.8. The van der Waals surface area contributed by atoms with Gasteiger partial charge in [0, 0.05) is 6.20 Å². The fourth-order valence-electron chi connectivity index (χ4n) is 1.96. The summed E-state index contributed by atoms with van der Waals surface area (Å²) in [6, 6.07) is 1.48. The molecule has 102 valence electrons. The molecule has 0 atom stereocenters. The molecule has 0 spiro atoms. The van der Waals surface area contributed by atoms with Crippen LogP contribution in [-0.2, 0) is 9.63 Å². The van der Waals surface area contributed by atoms with Crippen LogP contribution in [0.2, 0.25) is 0 Å². The minimum atomic E-state index is -1.23. The Hall–Kier alpha value is -2.18. The van der Waals surface area contributed by atoms with Gasteiger partial charge in [-0.15, -0.1) is 0 Å². The summed E-state index contributed by atoms with van der Waals surface area (Å²) >= 11 is 0. The molecule has 0 unspecified atom stereocenters. The zero-order chi connectivity index (χ0) is 13.7. The average Bonchev–Trinajstić information content (AvgIpc) is 2.40. The van der Waals surface area contributed by atoms with E-state index >= 15 is 0 Å². The third-order valence-corrected chi connectivity index (χ3v) is 2.94. The molecule has 0 radical (unpaired) electrons.